The van der Waals surface area contributed by atoms with E-state index in [2.05, 4.69) is 5.32 Å². The number of aryl methyl sites for hydroxylation is 1. The van der Waals surface area contributed by atoms with E-state index in [0.717, 1.165) is 21.7 Å². The van der Waals surface area contributed by atoms with Crippen LogP contribution in [-0.2, 0) is 0 Å². The third-order valence-corrected chi connectivity index (χ3v) is 4.60. The maximum absolute atomic E-state index is 6.30. The maximum Gasteiger partial charge on any atom is 0.0995 e. The minimum Gasteiger partial charge on any atom is -0.309 e. The first-order valence-corrected chi connectivity index (χ1v) is 7.36. The van der Waals surface area contributed by atoms with Crippen molar-refractivity contribution in [1.82, 2.24) is 5.32 Å². The molecule has 0 fully saturated rings. The first-order valence-electron chi connectivity index (χ1n) is 5.41. The molecule has 1 heterocycles. The summed E-state index contributed by atoms with van der Waals surface area (Å²) in [4.78, 5) is 0. The molecule has 0 aliphatic heterocycles. The lowest BCUT2D eigenvalue weighted by atomic mass is 10.0. The molecule has 0 saturated carbocycles. The molecule has 0 aliphatic rings. The van der Waals surface area contributed by atoms with Gasteiger partial charge in [-0.15, -0.1) is 11.3 Å². The number of rotatable bonds is 3. The Morgan fingerprint density at radius 1 is 1.11 bits per heavy atom. The normalized spacial score (nSPS) is 12.7. The second kappa shape index (κ2) is 5.81. The molecule has 1 aromatic carbocycles. The van der Waals surface area contributed by atoms with Crippen LogP contribution in [0.4, 0.5) is 0 Å². The fourth-order valence-electron chi connectivity index (χ4n) is 1.89. The molecule has 0 radical (unpaired) electrons. The van der Waals surface area contributed by atoms with Crippen LogP contribution in [0.25, 0.3) is 0 Å². The zero-order valence-electron chi connectivity index (χ0n) is 9.93. The maximum atomic E-state index is 6.30. The second-order valence-electron chi connectivity index (χ2n) is 4.03. The minimum absolute atomic E-state index is 0.0469. The van der Waals surface area contributed by atoms with E-state index in [1.165, 1.54) is 11.3 Å². The zero-order chi connectivity index (χ0) is 13.3. The first-order chi connectivity index (χ1) is 8.52. The Balaban J connectivity index is 2.48. The first kappa shape index (κ1) is 14.2. The number of benzene rings is 1. The molecule has 1 unspecified atom stereocenters. The highest BCUT2D eigenvalue weighted by Gasteiger charge is 2.20. The Morgan fingerprint density at radius 3 is 2.33 bits per heavy atom. The summed E-state index contributed by atoms with van der Waals surface area (Å²) in [5.41, 5.74) is 3.09. The van der Waals surface area contributed by atoms with Crippen LogP contribution in [0, 0.1) is 6.92 Å². The predicted octanol–water partition coefficient (Wildman–Crippen LogP) is 5.33. The number of nitrogens with one attached hydrogen (secondary N) is 1. The molecular weight excluding hydrogens is 309 g/mol. The standard InChI is InChI=1S/C13H12Cl3NS/c1-7-3-4-8(10(14)5-7)12(17-2)9-6-11(15)18-13(9)16/h3-6,12,17H,1-2H3. The lowest BCUT2D eigenvalue weighted by molar-refractivity contribution is 0.694. The van der Waals surface area contributed by atoms with E-state index >= 15 is 0 Å². The Hall–Kier alpha value is -0.250. The lowest BCUT2D eigenvalue weighted by Crippen LogP contribution is -2.17. The molecule has 18 heavy (non-hydrogen) atoms. The van der Waals surface area contributed by atoms with E-state index in [1.807, 2.05) is 38.2 Å². The number of halogens is 3. The molecule has 1 aromatic heterocycles. The van der Waals surface area contributed by atoms with Gasteiger partial charge in [-0.25, -0.2) is 0 Å². The average molecular weight is 321 g/mol. The van der Waals surface area contributed by atoms with Gasteiger partial charge in [-0.1, -0.05) is 46.9 Å². The summed E-state index contributed by atoms with van der Waals surface area (Å²) in [5.74, 6) is 0. The molecule has 1 N–H and O–H groups in total. The van der Waals surface area contributed by atoms with Crippen molar-refractivity contribution in [2.75, 3.05) is 7.05 Å². The second-order valence-corrected chi connectivity index (χ2v) is 6.72. The Labute approximate surface area is 126 Å². The van der Waals surface area contributed by atoms with Gasteiger partial charge in [-0.05, 0) is 37.2 Å². The van der Waals surface area contributed by atoms with Gasteiger partial charge in [0, 0.05) is 10.6 Å². The summed E-state index contributed by atoms with van der Waals surface area (Å²) in [7, 11) is 1.88. The molecule has 1 atom stereocenters. The van der Waals surface area contributed by atoms with E-state index in [1.54, 1.807) is 0 Å². The Bertz CT molecular complexity index is 565. The molecule has 0 amide bonds. The molecule has 0 aliphatic carbocycles. The van der Waals surface area contributed by atoms with Gasteiger partial charge in [0.25, 0.3) is 0 Å². The molecule has 2 aromatic rings. The smallest absolute Gasteiger partial charge is 0.0995 e. The van der Waals surface area contributed by atoms with Crippen molar-refractivity contribution in [3.8, 4) is 0 Å². The molecule has 0 bridgehead atoms. The SMILES string of the molecule is CNC(c1ccc(C)cc1Cl)c1cc(Cl)sc1Cl. The van der Waals surface area contributed by atoms with Crippen molar-refractivity contribution in [2.45, 2.75) is 13.0 Å². The number of hydrogen-bond acceptors (Lipinski definition) is 2. The van der Waals surface area contributed by atoms with Crippen LogP contribution in [-0.4, -0.2) is 7.05 Å². The predicted molar refractivity (Wildman–Crippen MR) is 81.4 cm³/mol. The van der Waals surface area contributed by atoms with Crippen molar-refractivity contribution in [3.05, 3.63) is 54.7 Å². The van der Waals surface area contributed by atoms with Crippen LogP contribution in [0.1, 0.15) is 22.7 Å². The monoisotopic (exact) mass is 319 g/mol. The Kier molecular flexibility index (Phi) is 4.57. The van der Waals surface area contributed by atoms with Gasteiger partial charge in [-0.3, -0.25) is 0 Å². The summed E-state index contributed by atoms with van der Waals surface area (Å²) in [6.45, 7) is 2.01. The van der Waals surface area contributed by atoms with Crippen LogP contribution in [0.5, 0.6) is 0 Å². The molecule has 2 rings (SSSR count). The fourth-order valence-corrected chi connectivity index (χ4v) is 3.77. The molecule has 96 valence electrons. The minimum atomic E-state index is -0.0469. The van der Waals surface area contributed by atoms with Crippen molar-refractivity contribution in [1.29, 1.82) is 0 Å². The third-order valence-electron chi connectivity index (χ3n) is 2.75. The average Bonchev–Trinajstić information content (AvgIpc) is 2.62. The van der Waals surface area contributed by atoms with Gasteiger partial charge < -0.3 is 5.32 Å². The van der Waals surface area contributed by atoms with Crippen LogP contribution in [0.15, 0.2) is 24.3 Å². The quantitative estimate of drug-likeness (QED) is 0.806. The topological polar surface area (TPSA) is 12.0 Å². The third kappa shape index (κ3) is 2.84. The van der Waals surface area contributed by atoms with Crippen molar-refractivity contribution in [3.63, 3.8) is 0 Å². The summed E-state index contributed by atoms with van der Waals surface area (Å²) < 4.78 is 1.37. The fraction of sp³-hybridized carbons (Fsp3) is 0.231. The van der Waals surface area contributed by atoms with Gasteiger partial charge in [0.2, 0.25) is 0 Å². The van der Waals surface area contributed by atoms with E-state index in [0.29, 0.717) is 8.67 Å². The molecular formula is C13H12Cl3NS. The van der Waals surface area contributed by atoms with Crippen LogP contribution in [0.2, 0.25) is 13.7 Å². The molecule has 5 heteroatoms. The van der Waals surface area contributed by atoms with Crippen LogP contribution < -0.4 is 5.32 Å². The summed E-state index contributed by atoms with van der Waals surface area (Å²) in [5, 5.41) is 3.96. The highest BCUT2D eigenvalue weighted by atomic mass is 35.5. The van der Waals surface area contributed by atoms with Gasteiger partial charge in [0.15, 0.2) is 0 Å². The Morgan fingerprint density at radius 2 is 1.83 bits per heavy atom. The van der Waals surface area contributed by atoms with Crippen molar-refractivity contribution >= 4 is 46.1 Å². The van der Waals surface area contributed by atoms with E-state index in [-0.39, 0.29) is 6.04 Å². The van der Waals surface area contributed by atoms with E-state index < -0.39 is 0 Å². The highest BCUT2D eigenvalue weighted by Crippen LogP contribution is 2.39. The zero-order valence-corrected chi connectivity index (χ0v) is 13.0. The van der Waals surface area contributed by atoms with Gasteiger partial charge in [0.05, 0.1) is 14.7 Å². The number of hydrogen-bond donors (Lipinski definition) is 1. The lowest BCUT2D eigenvalue weighted by Gasteiger charge is -2.18. The molecule has 0 saturated heterocycles. The summed E-state index contributed by atoms with van der Waals surface area (Å²) in [6.07, 6.45) is 0. The van der Waals surface area contributed by atoms with Gasteiger partial charge >= 0.3 is 0 Å². The van der Waals surface area contributed by atoms with Crippen molar-refractivity contribution in [2.24, 2.45) is 0 Å². The van der Waals surface area contributed by atoms with Crippen LogP contribution in [0.3, 0.4) is 0 Å². The highest BCUT2D eigenvalue weighted by molar-refractivity contribution is 7.20. The summed E-state index contributed by atoms with van der Waals surface area (Å²) >= 11 is 19.9. The van der Waals surface area contributed by atoms with Crippen LogP contribution >= 0.6 is 46.1 Å². The summed E-state index contributed by atoms with van der Waals surface area (Å²) in [6, 6.07) is 7.83. The van der Waals surface area contributed by atoms with Gasteiger partial charge in [-0.2, -0.15) is 0 Å². The van der Waals surface area contributed by atoms with E-state index in [4.69, 9.17) is 34.8 Å². The van der Waals surface area contributed by atoms with Crippen molar-refractivity contribution < 1.29 is 0 Å². The molecule has 0 spiro atoms. The number of thiophene rings is 1. The van der Waals surface area contributed by atoms with Gasteiger partial charge in [0.1, 0.15) is 0 Å². The molecule has 1 nitrogen and oxygen atoms in total. The largest absolute Gasteiger partial charge is 0.309 e. The van der Waals surface area contributed by atoms with E-state index in [9.17, 15) is 0 Å².